The molecule has 1 aliphatic heterocycles. The minimum absolute atomic E-state index is 0.0772. The van der Waals surface area contributed by atoms with Crippen molar-refractivity contribution in [2.24, 2.45) is 0 Å². The molecule has 0 aliphatic carbocycles. The molecule has 0 radical (unpaired) electrons. The van der Waals surface area contributed by atoms with Crippen molar-refractivity contribution >= 4 is 27.7 Å². The summed E-state index contributed by atoms with van der Waals surface area (Å²) < 4.78 is 6.25. The summed E-state index contributed by atoms with van der Waals surface area (Å²) in [7, 11) is 1.56. The number of benzene rings is 1. The van der Waals surface area contributed by atoms with Crippen LogP contribution in [0.3, 0.4) is 0 Å². The molecule has 0 unspecified atom stereocenters. The third-order valence-electron chi connectivity index (χ3n) is 3.18. The van der Waals surface area contributed by atoms with Gasteiger partial charge in [-0.2, -0.15) is 0 Å². The first kappa shape index (κ1) is 15.0. The summed E-state index contributed by atoms with van der Waals surface area (Å²) in [6.07, 6.45) is -0.592. The van der Waals surface area contributed by atoms with E-state index in [1.165, 1.54) is 0 Å². The summed E-state index contributed by atoms with van der Waals surface area (Å²) in [5.41, 5.74) is 1.63. The molecule has 1 heterocycles. The number of carbonyl (C=O) groups excluding carboxylic acids is 2. The summed E-state index contributed by atoms with van der Waals surface area (Å²) in [6, 6.07) is 5.58. The number of hydrogen-bond acceptors (Lipinski definition) is 3. The molecule has 0 spiro atoms. The number of nitrogens with one attached hydrogen (secondary N) is 1. The highest BCUT2D eigenvalue weighted by molar-refractivity contribution is 9.10. The number of likely N-dealkylation sites (N-methyl/N-ethyl adjacent to an activating group) is 1. The number of aryl methyl sites for hydroxylation is 1. The standard InChI is InChI=1S/C14H17BrN2O3/c1-9-5-10(7-11(15)6-9)14(19)17-3-4-20-12(8-17)13(18)16-2/h5-7,12H,3-4,8H2,1-2H3,(H,16,18)/t12-/m0/s1. The zero-order chi connectivity index (χ0) is 14.7. The van der Waals surface area contributed by atoms with E-state index in [1.54, 1.807) is 18.0 Å². The summed E-state index contributed by atoms with van der Waals surface area (Å²) >= 11 is 3.39. The van der Waals surface area contributed by atoms with E-state index < -0.39 is 6.10 Å². The van der Waals surface area contributed by atoms with Crippen LogP contribution in [-0.2, 0) is 9.53 Å². The van der Waals surface area contributed by atoms with Gasteiger partial charge < -0.3 is 15.0 Å². The second-order valence-electron chi connectivity index (χ2n) is 4.74. The first-order chi connectivity index (χ1) is 9.51. The molecular weight excluding hydrogens is 324 g/mol. The number of carbonyl (C=O) groups is 2. The fourth-order valence-electron chi connectivity index (χ4n) is 2.20. The molecule has 108 valence electrons. The minimum atomic E-state index is -0.592. The van der Waals surface area contributed by atoms with Crippen LogP contribution in [0.15, 0.2) is 22.7 Å². The van der Waals surface area contributed by atoms with Crippen LogP contribution in [0.25, 0.3) is 0 Å². The smallest absolute Gasteiger partial charge is 0.254 e. The lowest BCUT2D eigenvalue weighted by molar-refractivity contribution is -0.136. The minimum Gasteiger partial charge on any atom is -0.365 e. The quantitative estimate of drug-likeness (QED) is 0.883. The SMILES string of the molecule is CNC(=O)[C@@H]1CN(C(=O)c2cc(C)cc(Br)c2)CCO1. The van der Waals surface area contributed by atoms with E-state index in [0.29, 0.717) is 18.7 Å². The van der Waals surface area contributed by atoms with Gasteiger partial charge in [-0.1, -0.05) is 15.9 Å². The average Bonchev–Trinajstić information content (AvgIpc) is 2.44. The van der Waals surface area contributed by atoms with Gasteiger partial charge in [-0.25, -0.2) is 0 Å². The molecule has 20 heavy (non-hydrogen) atoms. The molecule has 5 nitrogen and oxygen atoms in total. The van der Waals surface area contributed by atoms with Crippen LogP contribution < -0.4 is 5.32 Å². The predicted octanol–water partition coefficient (Wildman–Crippen LogP) is 1.34. The van der Waals surface area contributed by atoms with E-state index in [-0.39, 0.29) is 18.4 Å². The maximum atomic E-state index is 12.5. The Bertz CT molecular complexity index is 513. The highest BCUT2D eigenvalue weighted by atomic mass is 79.9. The largest absolute Gasteiger partial charge is 0.365 e. The van der Waals surface area contributed by atoms with Gasteiger partial charge in [0.2, 0.25) is 0 Å². The van der Waals surface area contributed by atoms with Gasteiger partial charge >= 0.3 is 0 Å². The highest BCUT2D eigenvalue weighted by Crippen LogP contribution is 2.18. The lowest BCUT2D eigenvalue weighted by Crippen LogP contribution is -2.51. The molecule has 2 amide bonds. The molecule has 2 rings (SSSR count). The van der Waals surface area contributed by atoms with Crippen LogP contribution in [0.2, 0.25) is 0 Å². The number of halogens is 1. The van der Waals surface area contributed by atoms with E-state index in [0.717, 1.165) is 10.0 Å². The Balaban J connectivity index is 2.14. The Kier molecular flexibility index (Phi) is 4.77. The van der Waals surface area contributed by atoms with Crippen molar-refractivity contribution in [1.82, 2.24) is 10.2 Å². The zero-order valence-electron chi connectivity index (χ0n) is 11.5. The van der Waals surface area contributed by atoms with Gasteiger partial charge in [0.15, 0.2) is 6.10 Å². The number of hydrogen-bond donors (Lipinski definition) is 1. The zero-order valence-corrected chi connectivity index (χ0v) is 13.1. The van der Waals surface area contributed by atoms with Crippen molar-refractivity contribution in [2.45, 2.75) is 13.0 Å². The van der Waals surface area contributed by atoms with Crippen molar-refractivity contribution in [1.29, 1.82) is 0 Å². The number of amides is 2. The normalized spacial score (nSPS) is 18.8. The molecule has 1 saturated heterocycles. The van der Waals surface area contributed by atoms with Gasteiger partial charge in [0, 0.05) is 23.6 Å². The molecule has 1 N–H and O–H groups in total. The van der Waals surface area contributed by atoms with Crippen molar-refractivity contribution in [2.75, 3.05) is 26.7 Å². The second-order valence-corrected chi connectivity index (χ2v) is 5.66. The highest BCUT2D eigenvalue weighted by Gasteiger charge is 2.29. The molecule has 0 bridgehead atoms. The van der Waals surface area contributed by atoms with Gasteiger partial charge in [-0.05, 0) is 30.7 Å². The summed E-state index contributed by atoms with van der Waals surface area (Å²) in [5, 5.41) is 2.54. The van der Waals surface area contributed by atoms with Gasteiger partial charge in [0.25, 0.3) is 11.8 Å². The average molecular weight is 341 g/mol. The summed E-state index contributed by atoms with van der Waals surface area (Å²) in [6.45, 7) is 3.09. The Hall–Kier alpha value is -1.40. The van der Waals surface area contributed by atoms with E-state index in [1.807, 2.05) is 19.1 Å². The molecule has 1 aromatic carbocycles. The van der Waals surface area contributed by atoms with E-state index in [4.69, 9.17) is 4.74 Å². The van der Waals surface area contributed by atoms with Crippen molar-refractivity contribution in [3.8, 4) is 0 Å². The Morgan fingerprint density at radius 2 is 2.15 bits per heavy atom. The lowest BCUT2D eigenvalue weighted by Gasteiger charge is -2.32. The molecule has 6 heteroatoms. The maximum absolute atomic E-state index is 12.5. The van der Waals surface area contributed by atoms with Gasteiger partial charge in [0.05, 0.1) is 13.2 Å². The number of nitrogens with zero attached hydrogens (tertiary/aromatic N) is 1. The molecule has 0 aromatic heterocycles. The van der Waals surface area contributed by atoms with Crippen LogP contribution in [0.5, 0.6) is 0 Å². The maximum Gasteiger partial charge on any atom is 0.254 e. The Labute approximate surface area is 126 Å². The fraction of sp³-hybridized carbons (Fsp3) is 0.429. The molecule has 0 saturated carbocycles. The number of ether oxygens (including phenoxy) is 1. The lowest BCUT2D eigenvalue weighted by atomic mass is 10.1. The van der Waals surface area contributed by atoms with Crippen LogP contribution in [-0.4, -0.2) is 49.6 Å². The van der Waals surface area contributed by atoms with Crippen molar-refractivity contribution in [3.05, 3.63) is 33.8 Å². The molecule has 1 fully saturated rings. The third kappa shape index (κ3) is 3.37. The first-order valence-corrected chi connectivity index (χ1v) is 7.20. The van der Waals surface area contributed by atoms with Crippen molar-refractivity contribution in [3.63, 3.8) is 0 Å². The van der Waals surface area contributed by atoms with E-state index >= 15 is 0 Å². The Morgan fingerprint density at radius 1 is 1.40 bits per heavy atom. The fourth-order valence-corrected chi connectivity index (χ4v) is 2.80. The van der Waals surface area contributed by atoms with Gasteiger partial charge in [-0.3, -0.25) is 9.59 Å². The molecule has 1 aromatic rings. The van der Waals surface area contributed by atoms with Crippen LogP contribution in [0, 0.1) is 6.92 Å². The number of rotatable bonds is 2. The topological polar surface area (TPSA) is 58.6 Å². The van der Waals surface area contributed by atoms with Crippen molar-refractivity contribution < 1.29 is 14.3 Å². The van der Waals surface area contributed by atoms with E-state index in [9.17, 15) is 9.59 Å². The Morgan fingerprint density at radius 3 is 2.80 bits per heavy atom. The van der Waals surface area contributed by atoms with Gasteiger partial charge in [-0.15, -0.1) is 0 Å². The first-order valence-electron chi connectivity index (χ1n) is 6.41. The second kappa shape index (κ2) is 6.37. The van der Waals surface area contributed by atoms with Gasteiger partial charge in [0.1, 0.15) is 0 Å². The summed E-state index contributed by atoms with van der Waals surface area (Å²) in [5.74, 6) is -0.278. The van der Waals surface area contributed by atoms with Crippen LogP contribution >= 0.6 is 15.9 Å². The van der Waals surface area contributed by atoms with Crippen LogP contribution in [0.4, 0.5) is 0 Å². The molecular formula is C14H17BrN2O3. The third-order valence-corrected chi connectivity index (χ3v) is 3.64. The summed E-state index contributed by atoms with van der Waals surface area (Å²) in [4.78, 5) is 25.7. The molecule has 1 atom stereocenters. The predicted molar refractivity (Wildman–Crippen MR) is 78.6 cm³/mol. The molecule has 1 aliphatic rings. The number of morpholine rings is 1. The monoisotopic (exact) mass is 340 g/mol. The van der Waals surface area contributed by atoms with E-state index in [2.05, 4.69) is 21.2 Å². The van der Waals surface area contributed by atoms with Crippen LogP contribution in [0.1, 0.15) is 15.9 Å².